The van der Waals surface area contributed by atoms with Gasteiger partial charge in [0.25, 0.3) is 0 Å². The van der Waals surface area contributed by atoms with Crippen LogP contribution in [-0.4, -0.2) is 43.2 Å². The summed E-state index contributed by atoms with van der Waals surface area (Å²) in [5, 5.41) is 3.47. The Balaban J connectivity index is 2.70. The van der Waals surface area contributed by atoms with E-state index in [4.69, 9.17) is 5.84 Å². The van der Waals surface area contributed by atoms with Crippen molar-refractivity contribution in [1.29, 1.82) is 0 Å². The van der Waals surface area contributed by atoms with Gasteiger partial charge in [0.1, 0.15) is 21.5 Å². The maximum atomic E-state index is 11.0. The number of rotatable bonds is 6. The third kappa shape index (κ3) is 5.20. The van der Waals surface area contributed by atoms with Crippen LogP contribution in [0.5, 0.6) is 0 Å². The first-order chi connectivity index (χ1) is 7.94. The fourth-order valence-electron chi connectivity index (χ4n) is 1.05. The Morgan fingerprint density at radius 2 is 2.06 bits per heavy atom. The number of thioether (sulfide) groups is 1. The molecule has 0 fully saturated rings. The van der Waals surface area contributed by atoms with Crippen LogP contribution in [0.3, 0.4) is 0 Å². The van der Waals surface area contributed by atoms with Crippen LogP contribution < -0.4 is 16.6 Å². The molecule has 0 unspecified atom stereocenters. The third-order valence-electron chi connectivity index (χ3n) is 1.82. The molecule has 0 aromatic carbocycles. The van der Waals surface area contributed by atoms with Crippen LogP contribution in [-0.2, 0) is 9.84 Å². The van der Waals surface area contributed by atoms with Crippen molar-refractivity contribution in [2.24, 2.45) is 5.84 Å². The standard InChI is InChI=1S/C8H15N5O2S2/c1-16-8-11-6(5-7(12-8)13-9)10-3-4-17(2,14)15/h5H,3-4,9H2,1-2H3,(H2,10,11,12,13). The van der Waals surface area contributed by atoms with E-state index in [1.807, 2.05) is 6.26 Å². The monoisotopic (exact) mass is 277 g/mol. The number of hydrazine groups is 1. The van der Waals surface area contributed by atoms with Crippen LogP contribution in [0.15, 0.2) is 11.2 Å². The zero-order valence-corrected chi connectivity index (χ0v) is 11.2. The normalized spacial score (nSPS) is 11.2. The van der Waals surface area contributed by atoms with E-state index in [0.29, 0.717) is 23.3 Å². The SMILES string of the molecule is CSc1nc(NN)cc(NCCS(C)(=O)=O)n1. The highest BCUT2D eigenvalue weighted by Gasteiger charge is 2.05. The van der Waals surface area contributed by atoms with Gasteiger partial charge in [-0.1, -0.05) is 11.8 Å². The van der Waals surface area contributed by atoms with Crippen molar-refractivity contribution in [2.45, 2.75) is 5.16 Å². The van der Waals surface area contributed by atoms with Crippen LogP contribution in [0.1, 0.15) is 0 Å². The van der Waals surface area contributed by atoms with Crippen molar-refractivity contribution in [3.05, 3.63) is 6.07 Å². The maximum Gasteiger partial charge on any atom is 0.191 e. The number of hydrogen-bond donors (Lipinski definition) is 3. The molecule has 0 saturated heterocycles. The lowest BCUT2D eigenvalue weighted by Gasteiger charge is -2.08. The zero-order valence-electron chi connectivity index (χ0n) is 9.60. The average molecular weight is 277 g/mol. The second-order valence-corrected chi connectivity index (χ2v) is 6.36. The molecule has 96 valence electrons. The summed E-state index contributed by atoms with van der Waals surface area (Å²) in [6.45, 7) is 0.299. The molecular formula is C8H15N5O2S2. The van der Waals surface area contributed by atoms with Crippen molar-refractivity contribution in [3.8, 4) is 0 Å². The van der Waals surface area contributed by atoms with Crippen molar-refractivity contribution >= 4 is 33.2 Å². The Morgan fingerprint density at radius 1 is 1.41 bits per heavy atom. The van der Waals surface area contributed by atoms with Gasteiger partial charge < -0.3 is 10.7 Å². The first-order valence-electron chi connectivity index (χ1n) is 4.76. The van der Waals surface area contributed by atoms with Crippen LogP contribution in [0.4, 0.5) is 11.6 Å². The van der Waals surface area contributed by atoms with Gasteiger partial charge in [0.2, 0.25) is 0 Å². The van der Waals surface area contributed by atoms with Crippen LogP contribution in [0.2, 0.25) is 0 Å². The predicted molar refractivity (Wildman–Crippen MR) is 69.8 cm³/mol. The Bertz CT molecular complexity index is 455. The quantitative estimate of drug-likeness (QED) is 0.287. The van der Waals surface area contributed by atoms with Crippen molar-refractivity contribution in [2.75, 3.05) is 35.6 Å². The largest absolute Gasteiger partial charge is 0.369 e. The van der Waals surface area contributed by atoms with Gasteiger partial charge in [0, 0.05) is 18.9 Å². The minimum atomic E-state index is -2.98. The Kier molecular flexibility index (Phi) is 4.97. The molecule has 0 bridgehead atoms. The lowest BCUT2D eigenvalue weighted by Crippen LogP contribution is -2.16. The first kappa shape index (κ1) is 14.0. The van der Waals surface area contributed by atoms with Gasteiger partial charge in [-0.2, -0.15) is 0 Å². The molecule has 0 aliphatic rings. The highest BCUT2D eigenvalue weighted by molar-refractivity contribution is 7.98. The zero-order chi connectivity index (χ0) is 12.9. The summed E-state index contributed by atoms with van der Waals surface area (Å²) >= 11 is 1.38. The van der Waals surface area contributed by atoms with E-state index < -0.39 is 9.84 Å². The molecule has 17 heavy (non-hydrogen) atoms. The van der Waals surface area contributed by atoms with E-state index in [1.54, 1.807) is 6.07 Å². The molecule has 1 heterocycles. The molecule has 0 saturated carbocycles. The third-order valence-corrected chi connectivity index (χ3v) is 3.31. The number of nitrogen functional groups attached to an aromatic ring is 1. The number of nitrogens with one attached hydrogen (secondary N) is 2. The summed E-state index contributed by atoms with van der Waals surface area (Å²) in [5.74, 6) is 6.34. The molecule has 0 aliphatic carbocycles. The molecular weight excluding hydrogens is 262 g/mol. The minimum absolute atomic E-state index is 0.0526. The van der Waals surface area contributed by atoms with Crippen molar-refractivity contribution < 1.29 is 8.42 Å². The van der Waals surface area contributed by atoms with Gasteiger partial charge >= 0.3 is 0 Å². The summed E-state index contributed by atoms with van der Waals surface area (Å²) < 4.78 is 21.9. The lowest BCUT2D eigenvalue weighted by atomic mass is 10.5. The molecule has 1 aromatic heterocycles. The van der Waals surface area contributed by atoms with Gasteiger partial charge in [-0.15, -0.1) is 0 Å². The molecule has 4 N–H and O–H groups in total. The van der Waals surface area contributed by atoms with Gasteiger partial charge in [0.15, 0.2) is 5.16 Å². The second kappa shape index (κ2) is 6.03. The molecule has 0 radical (unpaired) electrons. The summed E-state index contributed by atoms with van der Waals surface area (Å²) in [6.07, 6.45) is 3.03. The molecule has 7 nitrogen and oxygen atoms in total. The van der Waals surface area contributed by atoms with Crippen molar-refractivity contribution in [1.82, 2.24) is 9.97 Å². The summed E-state index contributed by atoms with van der Waals surface area (Å²) in [6, 6.07) is 1.61. The number of nitrogens with zero attached hydrogens (tertiary/aromatic N) is 2. The molecule has 9 heteroatoms. The van der Waals surface area contributed by atoms with Crippen molar-refractivity contribution in [3.63, 3.8) is 0 Å². The smallest absolute Gasteiger partial charge is 0.191 e. The Morgan fingerprint density at radius 3 is 2.59 bits per heavy atom. The fourth-order valence-corrected chi connectivity index (χ4v) is 1.90. The number of anilines is 2. The lowest BCUT2D eigenvalue weighted by molar-refractivity contribution is 0.602. The molecule has 0 amide bonds. The average Bonchev–Trinajstić information content (AvgIpc) is 2.26. The summed E-state index contributed by atoms with van der Waals surface area (Å²) in [5.41, 5.74) is 2.43. The van der Waals surface area contributed by atoms with Gasteiger partial charge in [-0.05, 0) is 6.26 Å². The Labute approximate surface area is 104 Å². The number of aromatic nitrogens is 2. The van der Waals surface area contributed by atoms with E-state index in [0.717, 1.165) is 0 Å². The fraction of sp³-hybridized carbons (Fsp3) is 0.500. The number of hydrogen-bond acceptors (Lipinski definition) is 8. The van der Waals surface area contributed by atoms with Crippen LogP contribution in [0.25, 0.3) is 0 Å². The highest BCUT2D eigenvalue weighted by atomic mass is 32.2. The minimum Gasteiger partial charge on any atom is -0.369 e. The van der Waals surface area contributed by atoms with Crippen LogP contribution in [0, 0.1) is 0 Å². The van der Waals surface area contributed by atoms with Gasteiger partial charge in [0.05, 0.1) is 5.75 Å². The summed E-state index contributed by atoms with van der Waals surface area (Å²) in [7, 11) is -2.98. The molecule has 0 atom stereocenters. The summed E-state index contributed by atoms with van der Waals surface area (Å²) in [4.78, 5) is 8.25. The topological polar surface area (TPSA) is 110 Å². The van der Waals surface area contributed by atoms with Crippen LogP contribution >= 0.6 is 11.8 Å². The molecule has 0 aliphatic heterocycles. The van der Waals surface area contributed by atoms with E-state index in [1.165, 1.54) is 18.0 Å². The van der Waals surface area contributed by atoms with E-state index in [2.05, 4.69) is 20.7 Å². The number of nitrogens with two attached hydrogens (primary N) is 1. The van der Waals surface area contributed by atoms with E-state index >= 15 is 0 Å². The van der Waals surface area contributed by atoms with E-state index in [9.17, 15) is 8.42 Å². The Hall–Kier alpha value is -1.06. The van der Waals surface area contributed by atoms with Gasteiger partial charge in [-0.25, -0.2) is 24.2 Å². The highest BCUT2D eigenvalue weighted by Crippen LogP contribution is 2.16. The first-order valence-corrected chi connectivity index (χ1v) is 8.04. The number of sulfone groups is 1. The van der Waals surface area contributed by atoms with Gasteiger partial charge in [-0.3, -0.25) is 0 Å². The molecule has 0 spiro atoms. The predicted octanol–water partition coefficient (Wildman–Crippen LogP) is -0.0594. The second-order valence-electron chi connectivity index (χ2n) is 3.33. The van der Waals surface area contributed by atoms with E-state index in [-0.39, 0.29) is 5.75 Å². The molecule has 1 aromatic rings. The molecule has 1 rings (SSSR count). The maximum absolute atomic E-state index is 11.0.